The molecule has 0 aliphatic heterocycles. The van der Waals surface area contributed by atoms with Gasteiger partial charge in [-0.15, -0.1) is 0 Å². The molecule has 0 radical (unpaired) electrons. The Kier molecular flexibility index (Phi) is 6.24. The van der Waals surface area contributed by atoms with Crippen LogP contribution in [0.1, 0.15) is 31.4 Å². The summed E-state index contributed by atoms with van der Waals surface area (Å²) in [5.41, 5.74) is 0.538. The number of aliphatic hydroxyl groups excluding tert-OH is 1. The van der Waals surface area contributed by atoms with E-state index < -0.39 is 18.0 Å². The Labute approximate surface area is 163 Å². The number of hydrogen-bond acceptors (Lipinski definition) is 4. The van der Waals surface area contributed by atoms with E-state index in [1.807, 2.05) is 24.3 Å². The van der Waals surface area contributed by atoms with Crippen molar-refractivity contribution in [2.45, 2.75) is 32.0 Å². The zero-order valence-electron chi connectivity index (χ0n) is 15.0. The molecular formula is C21H23ClO5. The zero-order valence-corrected chi connectivity index (χ0v) is 15.8. The predicted molar refractivity (Wildman–Crippen MR) is 102 cm³/mol. The van der Waals surface area contributed by atoms with Gasteiger partial charge in [-0.2, -0.15) is 0 Å². The number of carboxylic acid groups (broad SMARTS) is 1. The first-order valence-corrected chi connectivity index (χ1v) is 9.36. The highest BCUT2D eigenvalue weighted by molar-refractivity contribution is 6.32. The van der Waals surface area contributed by atoms with Gasteiger partial charge in [0.1, 0.15) is 11.5 Å². The minimum atomic E-state index is -1.07. The molecule has 0 unspecified atom stereocenters. The minimum Gasteiger partial charge on any atom is -0.493 e. The number of para-hydroxylation sites is 1. The topological polar surface area (TPSA) is 76.0 Å². The van der Waals surface area contributed by atoms with Crippen molar-refractivity contribution in [2.24, 2.45) is 11.8 Å². The van der Waals surface area contributed by atoms with Gasteiger partial charge in [-0.25, -0.2) is 0 Å². The highest BCUT2D eigenvalue weighted by atomic mass is 35.5. The van der Waals surface area contributed by atoms with E-state index >= 15 is 0 Å². The molecule has 0 heterocycles. The fourth-order valence-corrected chi connectivity index (χ4v) is 3.23. The monoisotopic (exact) mass is 390 g/mol. The first-order valence-electron chi connectivity index (χ1n) is 8.99. The number of rotatable bonds is 8. The normalized spacial score (nSPS) is 21.0. The van der Waals surface area contributed by atoms with E-state index in [2.05, 4.69) is 0 Å². The number of benzene rings is 2. The summed E-state index contributed by atoms with van der Waals surface area (Å²) in [4.78, 5) is 11.0. The lowest BCUT2D eigenvalue weighted by Gasteiger charge is -2.35. The summed E-state index contributed by atoms with van der Waals surface area (Å²) in [5, 5.41) is 19.8. The van der Waals surface area contributed by atoms with Crippen molar-refractivity contribution in [1.82, 2.24) is 0 Å². The summed E-state index contributed by atoms with van der Waals surface area (Å²) in [5.74, 6) is -0.191. The third-order valence-electron chi connectivity index (χ3n) is 4.87. The molecule has 5 nitrogen and oxygen atoms in total. The smallest absolute Gasteiger partial charge is 0.309 e. The van der Waals surface area contributed by atoms with Gasteiger partial charge in [-0.3, -0.25) is 4.79 Å². The molecule has 2 aromatic carbocycles. The molecule has 1 saturated carbocycles. The Morgan fingerprint density at radius 2 is 1.96 bits per heavy atom. The summed E-state index contributed by atoms with van der Waals surface area (Å²) >= 11 is 6.10. The lowest BCUT2D eigenvalue weighted by molar-refractivity contribution is -0.145. The van der Waals surface area contributed by atoms with Gasteiger partial charge in [-0.05, 0) is 55.5 Å². The maximum absolute atomic E-state index is 11.0. The average molecular weight is 391 g/mol. The zero-order chi connectivity index (χ0) is 19.4. The Bertz CT molecular complexity index is 788. The Morgan fingerprint density at radius 1 is 1.22 bits per heavy atom. The summed E-state index contributed by atoms with van der Waals surface area (Å²) < 4.78 is 11.7. The van der Waals surface area contributed by atoms with E-state index in [1.165, 1.54) is 6.92 Å². The van der Waals surface area contributed by atoms with Crippen LogP contribution in [0.5, 0.6) is 11.5 Å². The predicted octanol–water partition coefficient (Wildman–Crippen LogP) is 4.33. The molecule has 0 amide bonds. The van der Waals surface area contributed by atoms with Gasteiger partial charge in [0.05, 0.1) is 29.8 Å². The number of carboxylic acids is 1. The van der Waals surface area contributed by atoms with Gasteiger partial charge in [0, 0.05) is 0 Å². The van der Waals surface area contributed by atoms with Crippen LogP contribution < -0.4 is 9.47 Å². The third kappa shape index (κ3) is 4.93. The van der Waals surface area contributed by atoms with Crippen molar-refractivity contribution >= 4 is 17.6 Å². The van der Waals surface area contributed by atoms with E-state index in [9.17, 15) is 9.90 Å². The second kappa shape index (κ2) is 8.63. The van der Waals surface area contributed by atoms with Crippen LogP contribution in [0, 0.1) is 11.8 Å². The minimum absolute atomic E-state index is 0.142. The molecule has 1 fully saturated rings. The lowest BCUT2D eigenvalue weighted by atomic mass is 9.83. The maximum atomic E-state index is 11.0. The average Bonchev–Trinajstić information content (AvgIpc) is 2.63. The fourth-order valence-electron chi connectivity index (χ4n) is 3.05. The van der Waals surface area contributed by atoms with Crippen molar-refractivity contribution < 1.29 is 24.5 Å². The highest BCUT2D eigenvalue weighted by Crippen LogP contribution is 2.34. The Morgan fingerprint density at radius 3 is 2.67 bits per heavy atom. The standard InChI is InChI=1S/C21H23ClO5/c1-13(21(24)25)20(23)15-5-4-6-16(11-15)26-12-14-9-17(10-14)27-19-8-3-2-7-18(19)22/h2-8,11,13-14,17,20,23H,9-10,12H2,1H3,(H,24,25)/t13-,14?,17?,20+/m0/s1. The number of hydrogen-bond donors (Lipinski definition) is 2. The Hall–Kier alpha value is -2.24. The number of carbonyl (C=O) groups is 1. The van der Waals surface area contributed by atoms with Crippen LogP contribution in [0.3, 0.4) is 0 Å². The molecule has 1 aliphatic rings. The summed E-state index contributed by atoms with van der Waals surface area (Å²) in [6, 6.07) is 14.4. The fraction of sp³-hybridized carbons (Fsp3) is 0.381. The molecule has 0 spiro atoms. The second-order valence-electron chi connectivity index (χ2n) is 6.96. The van der Waals surface area contributed by atoms with Crippen LogP contribution in [-0.4, -0.2) is 28.9 Å². The molecule has 2 aromatic rings. The van der Waals surface area contributed by atoms with Gasteiger partial charge in [-0.1, -0.05) is 35.9 Å². The van der Waals surface area contributed by atoms with Crippen LogP contribution in [-0.2, 0) is 4.79 Å². The number of aliphatic carboxylic acids is 1. The van der Waals surface area contributed by atoms with Crippen LogP contribution in [0.15, 0.2) is 48.5 Å². The van der Waals surface area contributed by atoms with E-state index in [-0.39, 0.29) is 6.10 Å². The second-order valence-corrected chi connectivity index (χ2v) is 7.37. The highest BCUT2D eigenvalue weighted by Gasteiger charge is 2.32. The lowest BCUT2D eigenvalue weighted by Crippen LogP contribution is -2.37. The Balaban J connectivity index is 1.47. The molecule has 2 atom stereocenters. The quantitative estimate of drug-likeness (QED) is 0.701. The van der Waals surface area contributed by atoms with Crippen LogP contribution in [0.25, 0.3) is 0 Å². The first kappa shape index (κ1) is 19.5. The number of halogens is 1. The van der Waals surface area contributed by atoms with Crippen molar-refractivity contribution in [3.05, 3.63) is 59.1 Å². The summed E-state index contributed by atoms with van der Waals surface area (Å²) in [7, 11) is 0. The summed E-state index contributed by atoms with van der Waals surface area (Å²) in [6.45, 7) is 2.03. The molecule has 0 saturated heterocycles. The molecule has 2 N–H and O–H groups in total. The van der Waals surface area contributed by atoms with E-state index in [4.69, 9.17) is 26.2 Å². The van der Waals surface area contributed by atoms with Crippen molar-refractivity contribution in [3.8, 4) is 11.5 Å². The SMILES string of the molecule is C[C@H](C(=O)O)[C@@H](O)c1cccc(OCC2CC(Oc3ccccc3Cl)C2)c1. The largest absolute Gasteiger partial charge is 0.493 e. The first-order chi connectivity index (χ1) is 12.9. The molecule has 6 heteroatoms. The molecule has 1 aliphatic carbocycles. The molecule has 3 rings (SSSR count). The van der Waals surface area contributed by atoms with Gasteiger partial charge < -0.3 is 19.7 Å². The number of ether oxygens (including phenoxy) is 2. The van der Waals surface area contributed by atoms with Gasteiger partial charge in [0.25, 0.3) is 0 Å². The maximum Gasteiger partial charge on any atom is 0.309 e. The van der Waals surface area contributed by atoms with Crippen LogP contribution in [0.2, 0.25) is 5.02 Å². The van der Waals surface area contributed by atoms with Crippen molar-refractivity contribution in [3.63, 3.8) is 0 Å². The van der Waals surface area contributed by atoms with E-state index in [1.54, 1.807) is 24.3 Å². The third-order valence-corrected chi connectivity index (χ3v) is 5.18. The number of aliphatic hydroxyl groups is 1. The van der Waals surface area contributed by atoms with Gasteiger partial charge >= 0.3 is 5.97 Å². The molecule has 144 valence electrons. The summed E-state index contributed by atoms with van der Waals surface area (Å²) in [6.07, 6.45) is 0.860. The van der Waals surface area contributed by atoms with Crippen molar-refractivity contribution in [2.75, 3.05) is 6.61 Å². The van der Waals surface area contributed by atoms with Gasteiger partial charge in [0.15, 0.2) is 0 Å². The molecule has 0 bridgehead atoms. The molecule has 0 aromatic heterocycles. The van der Waals surface area contributed by atoms with E-state index in [0.29, 0.717) is 34.6 Å². The molecule has 27 heavy (non-hydrogen) atoms. The van der Waals surface area contributed by atoms with Crippen LogP contribution >= 0.6 is 11.6 Å². The van der Waals surface area contributed by atoms with Crippen LogP contribution in [0.4, 0.5) is 0 Å². The molecular weight excluding hydrogens is 368 g/mol. The van der Waals surface area contributed by atoms with Gasteiger partial charge in [0.2, 0.25) is 0 Å². The van der Waals surface area contributed by atoms with Crippen molar-refractivity contribution in [1.29, 1.82) is 0 Å². The van der Waals surface area contributed by atoms with E-state index in [0.717, 1.165) is 12.8 Å².